The minimum Gasteiger partial charge on any atom is -0.507 e. The molecule has 0 amide bonds. The number of ether oxygens (including phenoxy) is 4. The first-order chi connectivity index (χ1) is 29.8. The summed E-state index contributed by atoms with van der Waals surface area (Å²) in [5.41, 5.74) is 8.75. The number of aromatic nitrogens is 1. The van der Waals surface area contributed by atoms with Crippen LogP contribution in [0.4, 0.5) is 0 Å². The van der Waals surface area contributed by atoms with Crippen molar-refractivity contribution in [2.75, 3.05) is 40.2 Å². The van der Waals surface area contributed by atoms with E-state index in [1.54, 1.807) is 19.1 Å². The van der Waals surface area contributed by atoms with Crippen molar-refractivity contribution in [3.05, 3.63) is 106 Å². The molecule has 5 aliphatic rings. The number of aromatic hydroxyl groups is 2. The van der Waals surface area contributed by atoms with E-state index in [1.807, 2.05) is 31.4 Å². The van der Waals surface area contributed by atoms with Crippen LogP contribution in [0.1, 0.15) is 76.6 Å². The van der Waals surface area contributed by atoms with Gasteiger partial charge < -0.3 is 49.7 Å². The zero-order valence-electron chi connectivity index (χ0n) is 34.4. The molecule has 2 aliphatic carbocycles. The van der Waals surface area contributed by atoms with Crippen LogP contribution >= 0.6 is 0 Å². The van der Waals surface area contributed by atoms with Gasteiger partial charge in [0, 0.05) is 65.9 Å². The van der Waals surface area contributed by atoms with E-state index in [0.29, 0.717) is 56.8 Å². The molecule has 4 heterocycles. The lowest BCUT2D eigenvalue weighted by atomic mass is 9.64. The lowest BCUT2D eigenvalue weighted by Crippen LogP contribution is -2.62. The molecule has 3 aliphatic heterocycles. The largest absolute Gasteiger partial charge is 0.507 e. The molecule has 2 bridgehead atoms. The van der Waals surface area contributed by atoms with Crippen molar-refractivity contribution >= 4 is 17.0 Å². The standard InChI is InChI=1S/C49H52N4O8/c1-27(55)23-51-25-53-43-5-3-4-18-58-42-20-30(7-14-41(42)57)48-49(43,59-26-50-2)22-38-37-21-36-32(28-6-13-39-29(19-28)16-17-52-39)10-11-33-40(56)15-12-34(44(33)36)45(37)47-35(46(38)61-48)9-8-31(24-54)60-47/h6-7,10-17,19-20,27,31-32,36,43,48,50-57H,4,8-9,18,21-26H2,1-2H3/t27-,31-,32+,36+,43-,48+,49-/m0/s1. The summed E-state index contributed by atoms with van der Waals surface area (Å²) in [6.45, 7) is 2.81. The molecule has 12 nitrogen and oxygen atoms in total. The third kappa shape index (κ3) is 6.81. The van der Waals surface area contributed by atoms with E-state index in [0.717, 1.165) is 61.2 Å². The molecule has 12 heteroatoms. The van der Waals surface area contributed by atoms with Gasteiger partial charge >= 0.3 is 0 Å². The van der Waals surface area contributed by atoms with E-state index in [-0.39, 0.29) is 43.3 Å². The third-order valence-electron chi connectivity index (χ3n) is 13.1. The maximum absolute atomic E-state index is 11.4. The highest BCUT2D eigenvalue weighted by atomic mass is 16.6. The maximum Gasteiger partial charge on any atom is 0.161 e. The Labute approximate surface area is 354 Å². The molecule has 4 aromatic carbocycles. The zero-order valence-corrected chi connectivity index (χ0v) is 34.4. The van der Waals surface area contributed by atoms with E-state index in [2.05, 4.69) is 69.2 Å². The number of phenols is 2. The van der Waals surface area contributed by atoms with Gasteiger partial charge in [-0.05, 0) is 109 Å². The Bertz CT molecular complexity index is 2590. The molecular formula is C49H52N4O8. The first-order valence-corrected chi connectivity index (χ1v) is 21.4. The predicted octanol–water partition coefficient (Wildman–Crippen LogP) is 5.66. The number of H-pyrrole nitrogens is 1. The summed E-state index contributed by atoms with van der Waals surface area (Å²) in [6.07, 6.45) is 7.23. The minimum absolute atomic E-state index is 0.00172. The number of fused-ring (bicyclic) bond motifs is 12. The quantitative estimate of drug-likeness (QED) is 0.0497. The summed E-state index contributed by atoms with van der Waals surface area (Å²) < 4.78 is 27.5. The minimum atomic E-state index is -1.15. The second kappa shape index (κ2) is 16.1. The van der Waals surface area contributed by atoms with Crippen molar-refractivity contribution in [3.8, 4) is 51.7 Å². The van der Waals surface area contributed by atoms with E-state index in [4.69, 9.17) is 18.9 Å². The van der Waals surface area contributed by atoms with Crippen LogP contribution in [0.2, 0.25) is 0 Å². The molecule has 0 spiro atoms. The van der Waals surface area contributed by atoms with Crippen LogP contribution in [0.15, 0.2) is 66.9 Å². The fourth-order valence-electron chi connectivity index (χ4n) is 10.3. The highest BCUT2D eigenvalue weighted by Crippen LogP contribution is 2.61. The Morgan fingerprint density at radius 2 is 1.87 bits per heavy atom. The lowest BCUT2D eigenvalue weighted by molar-refractivity contribution is -0.141. The lowest BCUT2D eigenvalue weighted by Gasteiger charge is -2.50. The van der Waals surface area contributed by atoms with Crippen LogP contribution in [0, 0.1) is 11.8 Å². The molecule has 0 radical (unpaired) electrons. The van der Waals surface area contributed by atoms with Crippen molar-refractivity contribution in [1.82, 2.24) is 20.9 Å². The van der Waals surface area contributed by atoms with Crippen molar-refractivity contribution in [2.24, 2.45) is 0 Å². The summed E-state index contributed by atoms with van der Waals surface area (Å²) >= 11 is 0. The smallest absolute Gasteiger partial charge is 0.161 e. The topological polar surface area (TPSA) is 170 Å². The van der Waals surface area contributed by atoms with Gasteiger partial charge in [0.2, 0.25) is 0 Å². The number of aliphatic hydroxyl groups excluding tert-OH is 2. The zero-order chi connectivity index (χ0) is 41.8. The highest BCUT2D eigenvalue weighted by Gasteiger charge is 2.55. The number of hydrogen-bond donors (Lipinski definition) is 8. The van der Waals surface area contributed by atoms with Crippen LogP contribution in [-0.2, 0) is 24.0 Å². The summed E-state index contributed by atoms with van der Waals surface area (Å²) in [7, 11) is 1.85. The molecule has 10 rings (SSSR count). The second-order valence-corrected chi connectivity index (χ2v) is 16.9. The van der Waals surface area contributed by atoms with Crippen molar-refractivity contribution in [1.29, 1.82) is 0 Å². The molecule has 316 valence electrons. The van der Waals surface area contributed by atoms with E-state index in [1.165, 1.54) is 5.56 Å². The van der Waals surface area contributed by atoms with Gasteiger partial charge in [0.05, 0.1) is 26.0 Å². The molecule has 0 saturated heterocycles. The van der Waals surface area contributed by atoms with Gasteiger partial charge in [0.15, 0.2) is 17.6 Å². The molecule has 1 aromatic heterocycles. The van der Waals surface area contributed by atoms with Crippen molar-refractivity contribution in [3.63, 3.8) is 0 Å². The van der Waals surface area contributed by atoms with Gasteiger partial charge in [-0.1, -0.05) is 42.2 Å². The van der Waals surface area contributed by atoms with Gasteiger partial charge in [0.25, 0.3) is 0 Å². The summed E-state index contributed by atoms with van der Waals surface area (Å²) in [5.74, 6) is 8.88. The molecule has 5 aromatic rings. The van der Waals surface area contributed by atoms with E-state index < -0.39 is 30.0 Å². The number of aliphatic hydroxyl groups is 2. The Kier molecular flexibility index (Phi) is 10.4. The average Bonchev–Trinajstić information content (AvgIpc) is 3.75. The molecule has 0 fully saturated rings. The van der Waals surface area contributed by atoms with E-state index >= 15 is 0 Å². The van der Waals surface area contributed by atoms with Gasteiger partial charge in [-0.15, -0.1) is 0 Å². The number of rotatable bonds is 10. The predicted molar refractivity (Wildman–Crippen MR) is 232 cm³/mol. The molecule has 8 N–H and O–H groups in total. The summed E-state index contributed by atoms with van der Waals surface area (Å²) in [4.78, 5) is 3.33. The Morgan fingerprint density at radius 3 is 2.72 bits per heavy atom. The molecule has 0 saturated carbocycles. The Hall–Kier alpha value is -5.52. The van der Waals surface area contributed by atoms with Crippen LogP contribution in [0.25, 0.3) is 28.1 Å². The number of aromatic amines is 1. The van der Waals surface area contributed by atoms with Crippen LogP contribution in [0.5, 0.6) is 28.7 Å². The number of hydrogen-bond acceptors (Lipinski definition) is 11. The number of phenolic OH excluding ortho intramolecular Hbond substituents is 2. The monoisotopic (exact) mass is 824 g/mol. The summed E-state index contributed by atoms with van der Waals surface area (Å²) in [5, 5.41) is 54.3. The van der Waals surface area contributed by atoms with Gasteiger partial charge in [-0.3, -0.25) is 10.6 Å². The van der Waals surface area contributed by atoms with Crippen molar-refractivity contribution < 1.29 is 39.4 Å². The van der Waals surface area contributed by atoms with Crippen LogP contribution in [0.3, 0.4) is 0 Å². The molecular weight excluding hydrogens is 773 g/mol. The first-order valence-electron chi connectivity index (χ1n) is 21.4. The first kappa shape index (κ1) is 39.6. The fraction of sp³-hybridized carbons (Fsp3) is 0.388. The Morgan fingerprint density at radius 1 is 1.00 bits per heavy atom. The number of benzene rings is 4. The fourth-order valence-corrected chi connectivity index (χ4v) is 10.3. The SMILES string of the molecule is CNCO[C@]12Cc3c4c(c5c(c3O[C@@H]1c1ccc(O)c(c1)OCCC#C[C@@H]2NCNC[C@H](C)O)CC[C@@H](CO)O5)-c1ccc(O)c2c1[C@H](C4)[C@@H](c1ccc3[nH]ccc3c1)C=C2. The highest BCUT2D eigenvalue weighted by molar-refractivity contribution is 5.89. The van der Waals surface area contributed by atoms with Gasteiger partial charge in [0.1, 0.15) is 35.0 Å². The van der Waals surface area contributed by atoms with Gasteiger partial charge in [-0.2, -0.15) is 0 Å². The molecule has 0 unspecified atom stereocenters. The van der Waals surface area contributed by atoms with Crippen LogP contribution in [-0.4, -0.2) is 89.5 Å². The maximum atomic E-state index is 11.4. The Balaban J connectivity index is 1.21. The average molecular weight is 825 g/mol. The number of nitrogens with one attached hydrogen (secondary N) is 4. The second-order valence-electron chi connectivity index (χ2n) is 16.9. The van der Waals surface area contributed by atoms with Crippen molar-refractivity contribution in [2.45, 2.75) is 80.8 Å². The normalized spacial score (nSPS) is 24.8. The summed E-state index contributed by atoms with van der Waals surface area (Å²) in [6, 6.07) is 17.2. The number of allylic oxidation sites excluding steroid dienone is 1. The van der Waals surface area contributed by atoms with E-state index in [9.17, 15) is 20.4 Å². The molecule has 61 heavy (non-hydrogen) atoms. The van der Waals surface area contributed by atoms with Gasteiger partial charge in [-0.25, -0.2) is 0 Å². The third-order valence-corrected chi connectivity index (χ3v) is 13.1. The van der Waals surface area contributed by atoms with Crippen LogP contribution < -0.4 is 30.2 Å². The molecule has 7 atom stereocenters.